The van der Waals surface area contributed by atoms with Crippen LogP contribution in [0.2, 0.25) is 0 Å². The fraction of sp³-hybridized carbons (Fsp3) is 0.200. The van der Waals surface area contributed by atoms with Crippen LogP contribution < -0.4 is 14.8 Å². The number of hydrogen-bond acceptors (Lipinski definition) is 7. The van der Waals surface area contributed by atoms with Crippen molar-refractivity contribution in [2.75, 3.05) is 32.4 Å². The molecule has 2 rings (SSSR count). The number of anilines is 1. The normalized spacial score (nSPS) is 11.1. The van der Waals surface area contributed by atoms with Crippen LogP contribution in [0.3, 0.4) is 0 Å². The second-order valence-electron chi connectivity index (χ2n) is 5.94. The standard InChI is InChI=1S/C20H21NO7S/c1-26-16-9-14(10-17(12-16)27-2)7-8-20(23)28-13-19(22)21-15-5-4-6-18(11-15)29(3,24)25/h4-12H,13H2,1-3H3,(H,21,22)/b8-7+. The molecule has 0 aliphatic rings. The highest BCUT2D eigenvalue weighted by Gasteiger charge is 2.10. The minimum Gasteiger partial charge on any atom is -0.497 e. The predicted octanol–water partition coefficient (Wildman–Crippen LogP) is 2.30. The molecule has 154 valence electrons. The summed E-state index contributed by atoms with van der Waals surface area (Å²) < 4.78 is 38.3. The molecule has 0 saturated carbocycles. The molecule has 0 aliphatic heterocycles. The van der Waals surface area contributed by atoms with E-state index in [1.165, 1.54) is 50.6 Å². The van der Waals surface area contributed by atoms with E-state index in [-0.39, 0.29) is 10.6 Å². The molecule has 0 atom stereocenters. The number of carbonyl (C=O) groups is 2. The van der Waals surface area contributed by atoms with Gasteiger partial charge >= 0.3 is 5.97 Å². The summed E-state index contributed by atoms with van der Waals surface area (Å²) >= 11 is 0. The highest BCUT2D eigenvalue weighted by Crippen LogP contribution is 2.23. The smallest absolute Gasteiger partial charge is 0.331 e. The quantitative estimate of drug-likeness (QED) is 0.517. The van der Waals surface area contributed by atoms with E-state index < -0.39 is 28.3 Å². The molecule has 0 aliphatic carbocycles. The molecule has 1 N–H and O–H groups in total. The van der Waals surface area contributed by atoms with Gasteiger partial charge in [-0.25, -0.2) is 13.2 Å². The van der Waals surface area contributed by atoms with Crippen molar-refractivity contribution in [1.29, 1.82) is 0 Å². The van der Waals surface area contributed by atoms with Crippen LogP contribution in [0.5, 0.6) is 11.5 Å². The van der Waals surface area contributed by atoms with Crippen molar-refractivity contribution in [3.63, 3.8) is 0 Å². The first kappa shape index (κ1) is 22.0. The van der Waals surface area contributed by atoms with Crippen LogP contribution in [-0.4, -0.2) is 47.4 Å². The Labute approximate surface area is 169 Å². The van der Waals surface area contributed by atoms with Gasteiger partial charge in [0.05, 0.1) is 19.1 Å². The second kappa shape index (κ2) is 9.74. The number of nitrogens with one attached hydrogen (secondary N) is 1. The lowest BCUT2D eigenvalue weighted by molar-refractivity contribution is -0.142. The van der Waals surface area contributed by atoms with Gasteiger partial charge in [-0.15, -0.1) is 0 Å². The maximum absolute atomic E-state index is 11.9. The first-order chi connectivity index (χ1) is 13.7. The third-order valence-corrected chi connectivity index (χ3v) is 4.79. The van der Waals surface area contributed by atoms with Gasteiger partial charge in [0.1, 0.15) is 11.5 Å². The summed E-state index contributed by atoms with van der Waals surface area (Å²) in [4.78, 5) is 23.8. The first-order valence-corrected chi connectivity index (χ1v) is 10.3. The van der Waals surface area contributed by atoms with E-state index in [1.807, 2.05) is 0 Å². The molecule has 1 amide bonds. The van der Waals surface area contributed by atoms with Gasteiger partial charge in [0.2, 0.25) is 0 Å². The molecule has 0 unspecified atom stereocenters. The Morgan fingerprint density at radius 2 is 1.69 bits per heavy atom. The van der Waals surface area contributed by atoms with Crippen molar-refractivity contribution in [2.24, 2.45) is 0 Å². The fourth-order valence-corrected chi connectivity index (χ4v) is 2.94. The van der Waals surface area contributed by atoms with Gasteiger partial charge in [-0.1, -0.05) is 6.07 Å². The Balaban J connectivity index is 1.92. The van der Waals surface area contributed by atoms with Crippen molar-refractivity contribution >= 4 is 33.5 Å². The van der Waals surface area contributed by atoms with E-state index in [2.05, 4.69) is 5.32 Å². The summed E-state index contributed by atoms with van der Waals surface area (Å²) in [6.45, 7) is -0.520. The number of carbonyl (C=O) groups excluding carboxylic acids is 2. The molecule has 2 aromatic carbocycles. The second-order valence-corrected chi connectivity index (χ2v) is 7.95. The number of methoxy groups -OCH3 is 2. The van der Waals surface area contributed by atoms with Crippen LogP contribution in [0.15, 0.2) is 53.4 Å². The fourth-order valence-electron chi connectivity index (χ4n) is 2.28. The third-order valence-electron chi connectivity index (χ3n) is 3.68. The molecule has 8 nitrogen and oxygen atoms in total. The monoisotopic (exact) mass is 419 g/mol. The maximum Gasteiger partial charge on any atom is 0.331 e. The molecule has 29 heavy (non-hydrogen) atoms. The van der Waals surface area contributed by atoms with Crippen LogP contribution in [0, 0.1) is 0 Å². The van der Waals surface area contributed by atoms with Crippen LogP contribution >= 0.6 is 0 Å². The van der Waals surface area contributed by atoms with Crippen molar-refractivity contribution in [3.8, 4) is 11.5 Å². The molecular formula is C20H21NO7S. The van der Waals surface area contributed by atoms with Crippen molar-refractivity contribution in [2.45, 2.75) is 4.90 Å². The maximum atomic E-state index is 11.9. The lowest BCUT2D eigenvalue weighted by atomic mass is 10.2. The SMILES string of the molecule is COc1cc(/C=C/C(=O)OCC(=O)Nc2cccc(S(C)(=O)=O)c2)cc(OC)c1. The molecule has 9 heteroatoms. The molecule has 2 aromatic rings. The van der Waals surface area contributed by atoms with E-state index >= 15 is 0 Å². The predicted molar refractivity (Wildman–Crippen MR) is 108 cm³/mol. The molecule has 0 spiro atoms. The summed E-state index contributed by atoms with van der Waals surface area (Å²) in [6.07, 6.45) is 3.74. The van der Waals surface area contributed by atoms with E-state index in [4.69, 9.17) is 14.2 Å². The van der Waals surface area contributed by atoms with Gasteiger partial charge in [-0.2, -0.15) is 0 Å². The average molecular weight is 419 g/mol. The third kappa shape index (κ3) is 6.96. The Kier molecular flexibility index (Phi) is 7.38. The minimum atomic E-state index is -3.39. The van der Waals surface area contributed by atoms with Gasteiger partial charge in [0.25, 0.3) is 5.91 Å². The van der Waals surface area contributed by atoms with Crippen molar-refractivity contribution < 1.29 is 32.2 Å². The number of esters is 1. The Hall–Kier alpha value is -3.33. The highest BCUT2D eigenvalue weighted by molar-refractivity contribution is 7.90. The van der Waals surface area contributed by atoms with Gasteiger partial charge in [-0.3, -0.25) is 4.79 Å². The van der Waals surface area contributed by atoms with Crippen molar-refractivity contribution in [3.05, 3.63) is 54.1 Å². The molecular weight excluding hydrogens is 398 g/mol. The zero-order chi connectivity index (χ0) is 21.4. The average Bonchev–Trinajstić information content (AvgIpc) is 2.70. The molecule has 0 aromatic heterocycles. The van der Waals surface area contributed by atoms with Gasteiger partial charge in [0.15, 0.2) is 16.4 Å². The van der Waals surface area contributed by atoms with E-state index in [1.54, 1.807) is 18.2 Å². The zero-order valence-electron chi connectivity index (χ0n) is 16.2. The van der Waals surface area contributed by atoms with Gasteiger partial charge in [0, 0.05) is 24.1 Å². The minimum absolute atomic E-state index is 0.0731. The summed E-state index contributed by atoms with van der Waals surface area (Å²) in [5.41, 5.74) is 0.938. The summed E-state index contributed by atoms with van der Waals surface area (Å²) in [5, 5.41) is 2.48. The Morgan fingerprint density at radius 1 is 1.03 bits per heavy atom. The van der Waals surface area contributed by atoms with Gasteiger partial charge < -0.3 is 19.5 Å². The number of rotatable bonds is 8. The van der Waals surface area contributed by atoms with Crippen LogP contribution in [-0.2, 0) is 24.2 Å². The van der Waals surface area contributed by atoms with Crippen LogP contribution in [0.4, 0.5) is 5.69 Å². The Morgan fingerprint density at radius 3 is 2.28 bits per heavy atom. The Bertz CT molecular complexity index is 1010. The van der Waals surface area contributed by atoms with Gasteiger partial charge in [-0.05, 0) is 42.0 Å². The topological polar surface area (TPSA) is 108 Å². The lowest BCUT2D eigenvalue weighted by Gasteiger charge is -2.07. The number of hydrogen-bond donors (Lipinski definition) is 1. The molecule has 0 fully saturated rings. The summed E-state index contributed by atoms with van der Waals surface area (Å²) in [5.74, 6) is -0.187. The number of ether oxygens (including phenoxy) is 3. The van der Waals surface area contributed by atoms with E-state index in [9.17, 15) is 18.0 Å². The highest BCUT2D eigenvalue weighted by atomic mass is 32.2. The number of amides is 1. The number of sulfone groups is 1. The van der Waals surface area contributed by atoms with E-state index in [0.29, 0.717) is 17.1 Å². The molecule has 0 saturated heterocycles. The van der Waals surface area contributed by atoms with E-state index in [0.717, 1.165) is 6.26 Å². The zero-order valence-corrected chi connectivity index (χ0v) is 17.0. The summed E-state index contributed by atoms with van der Waals surface area (Å²) in [7, 11) is -0.365. The lowest BCUT2D eigenvalue weighted by Crippen LogP contribution is -2.20. The molecule has 0 heterocycles. The largest absolute Gasteiger partial charge is 0.497 e. The van der Waals surface area contributed by atoms with Crippen molar-refractivity contribution in [1.82, 2.24) is 0 Å². The first-order valence-electron chi connectivity index (χ1n) is 8.39. The summed E-state index contributed by atoms with van der Waals surface area (Å²) in [6, 6.07) is 10.9. The molecule has 0 radical (unpaired) electrons. The number of benzene rings is 2. The van der Waals surface area contributed by atoms with Crippen LogP contribution in [0.1, 0.15) is 5.56 Å². The molecule has 0 bridgehead atoms. The van der Waals surface area contributed by atoms with Crippen LogP contribution in [0.25, 0.3) is 6.08 Å².